The van der Waals surface area contributed by atoms with Gasteiger partial charge < -0.3 is 4.18 Å². The van der Waals surface area contributed by atoms with Crippen LogP contribution in [0, 0.1) is 0 Å². The standard InChI is InChI=1S/C7H14O4S2/c1-3-5-7(8)11-12-13(9,10)6-4-2/h3-6H2,1-2H3. The lowest BCUT2D eigenvalue weighted by molar-refractivity contribution is -0.132. The van der Waals surface area contributed by atoms with Gasteiger partial charge in [0.15, 0.2) is 11.1 Å². The third-order valence-electron chi connectivity index (χ3n) is 1.14. The van der Waals surface area contributed by atoms with Crippen LogP contribution in [0.4, 0.5) is 0 Å². The Morgan fingerprint density at radius 3 is 2.38 bits per heavy atom. The Balaban J connectivity index is 3.81. The molecular weight excluding hydrogens is 212 g/mol. The van der Waals surface area contributed by atoms with Gasteiger partial charge in [0.2, 0.25) is 8.87 Å². The van der Waals surface area contributed by atoms with Gasteiger partial charge in [0.1, 0.15) is 0 Å². The molecule has 0 saturated carbocycles. The SMILES string of the molecule is CCCC(=O)OSS(=O)(=O)CCC. The molecule has 0 aliphatic carbocycles. The van der Waals surface area contributed by atoms with E-state index in [1.807, 2.05) is 6.92 Å². The maximum absolute atomic E-state index is 11.0. The van der Waals surface area contributed by atoms with Gasteiger partial charge in [0, 0.05) is 6.42 Å². The van der Waals surface area contributed by atoms with Gasteiger partial charge in [0.25, 0.3) is 0 Å². The third kappa shape index (κ3) is 6.89. The molecule has 0 aromatic carbocycles. The zero-order valence-corrected chi connectivity index (χ0v) is 9.41. The molecule has 0 radical (unpaired) electrons. The van der Waals surface area contributed by atoms with Crippen LogP contribution in [0.25, 0.3) is 0 Å². The van der Waals surface area contributed by atoms with Crippen molar-refractivity contribution < 1.29 is 17.4 Å². The van der Waals surface area contributed by atoms with E-state index >= 15 is 0 Å². The van der Waals surface area contributed by atoms with E-state index in [-0.39, 0.29) is 23.2 Å². The summed E-state index contributed by atoms with van der Waals surface area (Å²) in [7, 11) is -3.27. The molecule has 0 aliphatic heterocycles. The van der Waals surface area contributed by atoms with Crippen molar-refractivity contribution in [1.29, 1.82) is 0 Å². The van der Waals surface area contributed by atoms with Crippen LogP contribution in [-0.4, -0.2) is 20.1 Å². The highest BCUT2D eigenvalue weighted by Gasteiger charge is 2.14. The Hall–Kier alpha value is -0.230. The number of carbonyl (C=O) groups excluding carboxylic acids is 1. The lowest BCUT2D eigenvalue weighted by Gasteiger charge is -2.00. The Kier molecular flexibility index (Phi) is 6.15. The van der Waals surface area contributed by atoms with Crippen LogP contribution in [0.1, 0.15) is 33.1 Å². The van der Waals surface area contributed by atoms with Crippen molar-refractivity contribution in [3.63, 3.8) is 0 Å². The van der Waals surface area contributed by atoms with Gasteiger partial charge in [-0.2, -0.15) is 0 Å². The molecule has 0 rings (SSSR count). The molecule has 0 unspecified atom stereocenters. The molecule has 4 nitrogen and oxygen atoms in total. The Morgan fingerprint density at radius 1 is 1.31 bits per heavy atom. The summed E-state index contributed by atoms with van der Waals surface area (Å²) in [5.74, 6) is -0.441. The number of hydrogen-bond acceptors (Lipinski definition) is 5. The van der Waals surface area contributed by atoms with E-state index in [0.29, 0.717) is 12.8 Å². The molecule has 0 bridgehead atoms. The first-order valence-electron chi connectivity index (χ1n) is 4.13. The molecule has 0 saturated heterocycles. The van der Waals surface area contributed by atoms with E-state index < -0.39 is 14.8 Å². The molecule has 0 amide bonds. The van der Waals surface area contributed by atoms with Crippen molar-refractivity contribution in [2.75, 3.05) is 5.75 Å². The molecule has 0 aromatic rings. The van der Waals surface area contributed by atoms with Crippen LogP contribution < -0.4 is 0 Å². The highest BCUT2D eigenvalue weighted by molar-refractivity contribution is 8.70. The minimum absolute atomic E-state index is 0.0388. The van der Waals surface area contributed by atoms with Gasteiger partial charge in [-0.1, -0.05) is 13.8 Å². The van der Waals surface area contributed by atoms with Gasteiger partial charge >= 0.3 is 5.97 Å². The molecule has 0 aromatic heterocycles. The van der Waals surface area contributed by atoms with E-state index in [4.69, 9.17) is 0 Å². The predicted octanol–water partition coefficient (Wildman–Crippen LogP) is 1.72. The lowest BCUT2D eigenvalue weighted by Crippen LogP contribution is -2.04. The van der Waals surface area contributed by atoms with Crippen LogP contribution >= 0.6 is 11.1 Å². The van der Waals surface area contributed by atoms with Crippen LogP contribution in [0.3, 0.4) is 0 Å². The summed E-state index contributed by atoms with van der Waals surface area (Å²) in [6.07, 6.45) is 1.45. The maximum atomic E-state index is 11.0. The first-order chi connectivity index (χ1) is 6.02. The summed E-state index contributed by atoms with van der Waals surface area (Å²) in [4.78, 5) is 10.8. The first-order valence-corrected chi connectivity index (χ1v) is 7.04. The van der Waals surface area contributed by atoms with E-state index in [0.717, 1.165) is 0 Å². The van der Waals surface area contributed by atoms with Crippen molar-refractivity contribution in [3.8, 4) is 0 Å². The van der Waals surface area contributed by atoms with E-state index in [1.165, 1.54) is 0 Å². The summed E-state index contributed by atoms with van der Waals surface area (Å²) in [6.45, 7) is 3.58. The zero-order chi connectivity index (χ0) is 10.3. The van der Waals surface area contributed by atoms with Gasteiger partial charge in [-0.3, -0.25) is 4.79 Å². The Labute approximate surface area is 82.6 Å². The quantitative estimate of drug-likeness (QED) is 0.510. The molecule has 0 fully saturated rings. The summed E-state index contributed by atoms with van der Waals surface area (Å²) in [5.41, 5.74) is 0. The number of rotatable bonds is 6. The van der Waals surface area contributed by atoms with Crippen LogP contribution in [0.5, 0.6) is 0 Å². The fraction of sp³-hybridized carbons (Fsp3) is 0.857. The summed E-state index contributed by atoms with van der Waals surface area (Å²) < 4.78 is 26.5. The molecule has 0 aliphatic rings. The second-order valence-corrected chi connectivity index (χ2v) is 6.29. The largest absolute Gasteiger partial charge is 0.374 e. The van der Waals surface area contributed by atoms with Crippen molar-refractivity contribution in [1.82, 2.24) is 0 Å². The predicted molar refractivity (Wildman–Crippen MR) is 52.7 cm³/mol. The third-order valence-corrected chi connectivity index (χ3v) is 3.83. The fourth-order valence-corrected chi connectivity index (χ4v) is 2.69. The number of carbonyl (C=O) groups is 1. The average Bonchev–Trinajstić information content (AvgIpc) is 2.02. The van der Waals surface area contributed by atoms with Crippen LogP contribution in [0.15, 0.2) is 0 Å². The van der Waals surface area contributed by atoms with Crippen LogP contribution in [-0.2, 0) is 17.8 Å². The molecule has 78 valence electrons. The summed E-state index contributed by atoms with van der Waals surface area (Å²) in [5, 5.41) is 0. The second-order valence-electron chi connectivity index (χ2n) is 2.54. The smallest absolute Gasteiger partial charge is 0.318 e. The van der Waals surface area contributed by atoms with Crippen LogP contribution in [0.2, 0.25) is 0 Å². The Morgan fingerprint density at radius 2 is 1.92 bits per heavy atom. The topological polar surface area (TPSA) is 60.4 Å². The second kappa shape index (κ2) is 6.26. The van der Waals surface area contributed by atoms with Gasteiger partial charge in [-0.25, -0.2) is 8.42 Å². The maximum Gasteiger partial charge on any atom is 0.318 e. The highest BCUT2D eigenvalue weighted by Crippen LogP contribution is 2.16. The lowest BCUT2D eigenvalue weighted by atomic mass is 10.4. The Bertz CT molecular complexity index is 245. The zero-order valence-electron chi connectivity index (χ0n) is 7.78. The molecule has 0 N–H and O–H groups in total. The first kappa shape index (κ1) is 12.8. The molecule has 0 heterocycles. The monoisotopic (exact) mass is 226 g/mol. The molecule has 0 atom stereocenters. The normalized spacial score (nSPS) is 11.2. The molecule has 6 heteroatoms. The van der Waals surface area contributed by atoms with E-state index in [1.54, 1.807) is 6.92 Å². The fourth-order valence-electron chi connectivity index (χ4n) is 0.620. The van der Waals surface area contributed by atoms with Crippen molar-refractivity contribution in [2.45, 2.75) is 33.1 Å². The van der Waals surface area contributed by atoms with E-state index in [2.05, 4.69) is 4.18 Å². The molecule has 0 spiro atoms. The molecule has 13 heavy (non-hydrogen) atoms. The minimum Gasteiger partial charge on any atom is -0.374 e. The number of hydrogen-bond donors (Lipinski definition) is 0. The van der Waals surface area contributed by atoms with Gasteiger partial charge in [0.05, 0.1) is 5.75 Å². The highest BCUT2D eigenvalue weighted by atomic mass is 33.1. The minimum atomic E-state index is -3.27. The summed E-state index contributed by atoms with van der Waals surface area (Å²) >= 11 is 0.274. The van der Waals surface area contributed by atoms with E-state index in [9.17, 15) is 13.2 Å². The molecular formula is C7H14O4S2. The van der Waals surface area contributed by atoms with Crippen molar-refractivity contribution in [2.24, 2.45) is 0 Å². The summed E-state index contributed by atoms with van der Waals surface area (Å²) in [6, 6.07) is 0. The van der Waals surface area contributed by atoms with Gasteiger partial charge in [-0.05, 0) is 12.8 Å². The van der Waals surface area contributed by atoms with Gasteiger partial charge in [-0.15, -0.1) is 0 Å². The van der Waals surface area contributed by atoms with Crippen molar-refractivity contribution in [3.05, 3.63) is 0 Å². The van der Waals surface area contributed by atoms with Crippen molar-refractivity contribution >= 4 is 25.9 Å². The average molecular weight is 226 g/mol.